The summed E-state index contributed by atoms with van der Waals surface area (Å²) in [5.74, 6) is 1.76. The minimum atomic E-state index is -0.361. The van der Waals surface area contributed by atoms with E-state index in [-0.39, 0.29) is 30.6 Å². The van der Waals surface area contributed by atoms with Crippen LogP contribution in [0.4, 0.5) is 4.79 Å². The van der Waals surface area contributed by atoms with Crippen molar-refractivity contribution in [2.45, 2.75) is 19.0 Å². The normalized spacial score (nSPS) is 18.1. The van der Waals surface area contributed by atoms with Gasteiger partial charge < -0.3 is 14.4 Å². The SMILES string of the molecule is C[C@H]1[C@@H](c2ccccc2)N(C(=O)/C=C/COc2ccc(Oc3ccccc3)cc2)C(=O)N1C. The molecule has 2 atom stereocenters. The number of hydrogen-bond donors (Lipinski definition) is 0. The standard InChI is InChI=1S/C27H26N2O4/c1-20-26(21-10-5-3-6-11-21)29(27(31)28(20)2)25(30)14-9-19-32-22-15-17-24(18-16-22)33-23-12-7-4-8-13-23/h3-18,20,26H,19H2,1-2H3/b14-9+/t20-,26-/m0/s1. The molecule has 1 aliphatic heterocycles. The Hall–Kier alpha value is -4.06. The van der Waals surface area contributed by atoms with Crippen LogP contribution in [0.2, 0.25) is 0 Å². The van der Waals surface area contributed by atoms with Gasteiger partial charge >= 0.3 is 6.03 Å². The number of imide groups is 1. The van der Waals surface area contributed by atoms with Crippen molar-refractivity contribution in [2.75, 3.05) is 13.7 Å². The molecule has 0 radical (unpaired) electrons. The van der Waals surface area contributed by atoms with Gasteiger partial charge in [0.15, 0.2) is 0 Å². The smallest absolute Gasteiger partial charge is 0.327 e. The zero-order valence-corrected chi connectivity index (χ0v) is 18.6. The van der Waals surface area contributed by atoms with Crippen LogP contribution in [-0.4, -0.2) is 41.4 Å². The van der Waals surface area contributed by atoms with Crippen molar-refractivity contribution in [3.8, 4) is 17.2 Å². The van der Waals surface area contributed by atoms with E-state index in [1.54, 1.807) is 30.2 Å². The summed E-state index contributed by atoms with van der Waals surface area (Å²) < 4.78 is 11.5. The topological polar surface area (TPSA) is 59.1 Å². The molecule has 4 rings (SSSR count). The van der Waals surface area contributed by atoms with Crippen molar-refractivity contribution >= 4 is 11.9 Å². The van der Waals surface area contributed by atoms with Crippen LogP contribution in [0.3, 0.4) is 0 Å². The first-order chi connectivity index (χ1) is 16.0. The van der Waals surface area contributed by atoms with Gasteiger partial charge in [-0.2, -0.15) is 0 Å². The summed E-state index contributed by atoms with van der Waals surface area (Å²) in [6, 6.07) is 25.6. The highest BCUT2D eigenvalue weighted by molar-refractivity contribution is 6.02. The Morgan fingerprint density at radius 2 is 1.45 bits per heavy atom. The van der Waals surface area contributed by atoms with Gasteiger partial charge in [-0.1, -0.05) is 48.5 Å². The molecular formula is C27H26N2O4. The van der Waals surface area contributed by atoms with E-state index in [2.05, 4.69) is 0 Å². The van der Waals surface area contributed by atoms with Gasteiger partial charge in [-0.05, 0) is 55.0 Å². The molecule has 6 nitrogen and oxygen atoms in total. The largest absolute Gasteiger partial charge is 0.490 e. The predicted molar refractivity (Wildman–Crippen MR) is 126 cm³/mol. The fourth-order valence-electron chi connectivity index (χ4n) is 3.80. The van der Waals surface area contributed by atoms with E-state index >= 15 is 0 Å². The molecule has 1 heterocycles. The number of amides is 3. The molecule has 0 unspecified atom stereocenters. The van der Waals surface area contributed by atoms with E-state index < -0.39 is 0 Å². The molecule has 3 aromatic rings. The molecule has 0 spiro atoms. The summed E-state index contributed by atoms with van der Waals surface area (Å²) in [5, 5.41) is 0. The van der Waals surface area contributed by atoms with E-state index in [9.17, 15) is 9.59 Å². The molecule has 168 valence electrons. The lowest BCUT2D eigenvalue weighted by Crippen LogP contribution is -2.35. The van der Waals surface area contributed by atoms with E-state index in [4.69, 9.17) is 9.47 Å². The number of benzene rings is 3. The third-order valence-corrected chi connectivity index (χ3v) is 5.64. The minimum absolute atomic E-state index is 0.120. The third-order valence-electron chi connectivity index (χ3n) is 5.64. The average Bonchev–Trinajstić information content (AvgIpc) is 3.08. The van der Waals surface area contributed by atoms with Gasteiger partial charge in [0.1, 0.15) is 23.9 Å². The highest BCUT2D eigenvalue weighted by atomic mass is 16.5. The Kier molecular flexibility index (Phi) is 6.74. The van der Waals surface area contributed by atoms with Crippen LogP contribution in [0.1, 0.15) is 18.5 Å². The zero-order chi connectivity index (χ0) is 23.2. The molecule has 0 bridgehead atoms. The van der Waals surface area contributed by atoms with Crippen molar-refractivity contribution in [1.29, 1.82) is 0 Å². The van der Waals surface area contributed by atoms with Crippen LogP contribution < -0.4 is 9.47 Å². The minimum Gasteiger partial charge on any atom is -0.490 e. The quantitative estimate of drug-likeness (QED) is 0.457. The maximum atomic E-state index is 12.9. The molecule has 33 heavy (non-hydrogen) atoms. The first-order valence-electron chi connectivity index (χ1n) is 10.8. The molecule has 1 fully saturated rings. The number of ether oxygens (including phenoxy) is 2. The van der Waals surface area contributed by atoms with Gasteiger partial charge in [-0.3, -0.25) is 9.69 Å². The van der Waals surface area contributed by atoms with Crippen molar-refractivity contribution < 1.29 is 19.1 Å². The Morgan fingerprint density at radius 1 is 0.879 bits per heavy atom. The van der Waals surface area contributed by atoms with Crippen LogP contribution >= 0.6 is 0 Å². The lowest BCUT2D eigenvalue weighted by molar-refractivity contribution is -0.124. The van der Waals surface area contributed by atoms with E-state index in [1.807, 2.05) is 79.7 Å². The maximum absolute atomic E-state index is 12.9. The maximum Gasteiger partial charge on any atom is 0.327 e. The van der Waals surface area contributed by atoms with Crippen LogP contribution in [0, 0.1) is 0 Å². The third kappa shape index (κ3) is 5.06. The van der Waals surface area contributed by atoms with Gasteiger partial charge in [-0.25, -0.2) is 4.79 Å². The molecule has 1 saturated heterocycles. The Morgan fingerprint density at radius 3 is 2.12 bits per heavy atom. The monoisotopic (exact) mass is 442 g/mol. The zero-order valence-electron chi connectivity index (χ0n) is 18.6. The highest BCUT2D eigenvalue weighted by Gasteiger charge is 2.44. The highest BCUT2D eigenvalue weighted by Crippen LogP contribution is 2.34. The first-order valence-corrected chi connectivity index (χ1v) is 10.8. The van der Waals surface area contributed by atoms with Crippen LogP contribution in [0.15, 0.2) is 97.1 Å². The Bertz CT molecular complexity index is 1110. The number of para-hydroxylation sites is 1. The van der Waals surface area contributed by atoms with Crippen LogP contribution in [-0.2, 0) is 4.79 Å². The van der Waals surface area contributed by atoms with Gasteiger partial charge in [0.25, 0.3) is 5.91 Å². The molecule has 3 aromatic carbocycles. The second-order valence-corrected chi connectivity index (χ2v) is 7.80. The fraction of sp³-hybridized carbons (Fsp3) is 0.185. The summed E-state index contributed by atoms with van der Waals surface area (Å²) in [6.07, 6.45) is 3.02. The number of likely N-dealkylation sites (N-methyl/N-ethyl adjacent to an activating group) is 1. The second-order valence-electron chi connectivity index (χ2n) is 7.80. The number of urea groups is 1. The molecular weight excluding hydrogens is 416 g/mol. The molecule has 3 amide bonds. The van der Waals surface area contributed by atoms with Gasteiger partial charge in [0, 0.05) is 13.1 Å². The lowest BCUT2D eigenvalue weighted by atomic mass is 10.0. The number of rotatable bonds is 7. The van der Waals surface area contributed by atoms with Gasteiger partial charge in [0.05, 0.1) is 12.1 Å². The van der Waals surface area contributed by atoms with Gasteiger partial charge in [0.2, 0.25) is 0 Å². The summed E-state index contributed by atoms with van der Waals surface area (Å²) in [7, 11) is 1.72. The molecule has 0 aliphatic carbocycles. The van der Waals surface area contributed by atoms with Crippen molar-refractivity contribution in [3.05, 3.63) is 103 Å². The van der Waals surface area contributed by atoms with E-state index in [1.165, 1.54) is 11.0 Å². The summed E-state index contributed by atoms with van der Waals surface area (Å²) >= 11 is 0. The van der Waals surface area contributed by atoms with Crippen molar-refractivity contribution in [1.82, 2.24) is 9.80 Å². The van der Waals surface area contributed by atoms with Gasteiger partial charge in [-0.15, -0.1) is 0 Å². The van der Waals surface area contributed by atoms with Crippen molar-refractivity contribution in [2.24, 2.45) is 0 Å². The number of nitrogens with zero attached hydrogens (tertiary/aromatic N) is 2. The summed E-state index contributed by atoms with van der Waals surface area (Å²) in [4.78, 5) is 28.5. The molecule has 0 aromatic heterocycles. The fourth-order valence-corrected chi connectivity index (χ4v) is 3.80. The number of hydrogen-bond acceptors (Lipinski definition) is 4. The second kappa shape index (κ2) is 10.0. The molecule has 0 saturated carbocycles. The summed E-state index contributed by atoms with van der Waals surface area (Å²) in [5.41, 5.74) is 0.929. The van der Waals surface area contributed by atoms with E-state index in [0.717, 1.165) is 11.3 Å². The summed E-state index contributed by atoms with van der Waals surface area (Å²) in [6.45, 7) is 2.15. The molecule has 0 N–H and O–H groups in total. The molecule has 6 heteroatoms. The first kappa shape index (κ1) is 22.1. The Balaban J connectivity index is 1.35. The van der Waals surface area contributed by atoms with Crippen LogP contribution in [0.5, 0.6) is 17.2 Å². The number of carbonyl (C=O) groups is 2. The predicted octanol–water partition coefficient (Wildman–Crippen LogP) is 5.44. The van der Waals surface area contributed by atoms with E-state index in [0.29, 0.717) is 11.5 Å². The van der Waals surface area contributed by atoms with Crippen LogP contribution in [0.25, 0.3) is 0 Å². The number of carbonyl (C=O) groups excluding carboxylic acids is 2. The Labute approximate surface area is 193 Å². The van der Waals surface area contributed by atoms with Crippen molar-refractivity contribution in [3.63, 3.8) is 0 Å². The average molecular weight is 443 g/mol. The molecule has 1 aliphatic rings. The lowest BCUT2D eigenvalue weighted by Gasteiger charge is -2.23.